The molecule has 1 nitrogen and oxygen atoms in total. The summed E-state index contributed by atoms with van der Waals surface area (Å²) in [6.45, 7) is 0. The van der Waals surface area contributed by atoms with Crippen LogP contribution >= 0.6 is 0 Å². The molecule has 0 aliphatic carbocycles. The zero-order valence-corrected chi connectivity index (χ0v) is 8.95. The second-order valence-corrected chi connectivity index (χ2v) is 3.63. The van der Waals surface area contributed by atoms with Gasteiger partial charge in [-0.3, -0.25) is 0 Å². The lowest BCUT2D eigenvalue weighted by atomic mass is 10.1. The summed E-state index contributed by atoms with van der Waals surface area (Å²) in [5, 5.41) is 9.90. The lowest BCUT2D eigenvalue weighted by Gasteiger charge is -2.04. The first-order chi connectivity index (χ1) is 7.86. The molecule has 0 amide bonds. The van der Waals surface area contributed by atoms with Crippen LogP contribution in [0.4, 0.5) is 0 Å². The monoisotopic (exact) mass is 210 g/mol. The van der Waals surface area contributed by atoms with Crippen molar-refractivity contribution in [1.29, 1.82) is 0 Å². The van der Waals surface area contributed by atoms with Crippen LogP contribution in [0.3, 0.4) is 0 Å². The molecule has 0 bridgehead atoms. The molecule has 0 aliphatic rings. The molecule has 0 radical (unpaired) electrons. The van der Waals surface area contributed by atoms with Crippen LogP contribution < -0.4 is 0 Å². The third kappa shape index (κ3) is 2.81. The predicted octanol–water partition coefficient (Wildman–Crippen LogP) is 3.43. The van der Waals surface area contributed by atoms with E-state index in [1.54, 1.807) is 6.08 Å². The zero-order valence-electron chi connectivity index (χ0n) is 8.95. The summed E-state index contributed by atoms with van der Waals surface area (Å²) in [6, 6.07) is 19.6. The highest BCUT2D eigenvalue weighted by Gasteiger charge is 2.00. The standard InChI is InChI=1S/C15H14O/c16-15(14-9-5-2-6-10-14)12-11-13-7-3-1-4-8-13/h1-12,15-16H/b12-11+/t15-/m1/s1. The van der Waals surface area contributed by atoms with E-state index in [1.807, 2.05) is 66.7 Å². The van der Waals surface area contributed by atoms with Crippen molar-refractivity contribution in [2.24, 2.45) is 0 Å². The van der Waals surface area contributed by atoms with Crippen molar-refractivity contribution in [3.63, 3.8) is 0 Å². The Balaban J connectivity index is 2.08. The summed E-state index contributed by atoms with van der Waals surface area (Å²) in [5.41, 5.74) is 2.01. The van der Waals surface area contributed by atoms with E-state index in [9.17, 15) is 5.11 Å². The Kier molecular flexibility index (Phi) is 3.52. The number of aliphatic hydroxyl groups excluding tert-OH is 1. The van der Waals surface area contributed by atoms with E-state index in [1.165, 1.54) is 0 Å². The van der Waals surface area contributed by atoms with Crippen LogP contribution in [0.25, 0.3) is 6.08 Å². The van der Waals surface area contributed by atoms with Gasteiger partial charge in [0.05, 0.1) is 6.10 Å². The fourth-order valence-electron chi connectivity index (χ4n) is 1.53. The first kappa shape index (κ1) is 10.7. The average molecular weight is 210 g/mol. The molecule has 2 aromatic rings. The molecule has 0 heterocycles. The van der Waals surface area contributed by atoms with Gasteiger partial charge in [0.2, 0.25) is 0 Å². The van der Waals surface area contributed by atoms with Gasteiger partial charge >= 0.3 is 0 Å². The molecule has 1 atom stereocenters. The minimum Gasteiger partial charge on any atom is -0.384 e. The number of rotatable bonds is 3. The quantitative estimate of drug-likeness (QED) is 0.822. The van der Waals surface area contributed by atoms with E-state index >= 15 is 0 Å². The second kappa shape index (κ2) is 5.29. The van der Waals surface area contributed by atoms with Gasteiger partial charge in [0.15, 0.2) is 0 Å². The molecule has 0 fully saturated rings. The van der Waals surface area contributed by atoms with Crippen LogP contribution in [-0.2, 0) is 0 Å². The largest absolute Gasteiger partial charge is 0.384 e. The van der Waals surface area contributed by atoms with E-state index in [2.05, 4.69) is 0 Å². The molecule has 1 heteroatoms. The lowest BCUT2D eigenvalue weighted by Crippen LogP contribution is -1.91. The highest BCUT2D eigenvalue weighted by molar-refractivity contribution is 5.49. The van der Waals surface area contributed by atoms with Crippen LogP contribution in [0.2, 0.25) is 0 Å². The number of benzene rings is 2. The molecule has 0 unspecified atom stereocenters. The summed E-state index contributed by atoms with van der Waals surface area (Å²) in [5.74, 6) is 0. The van der Waals surface area contributed by atoms with Gasteiger partial charge in [0.25, 0.3) is 0 Å². The second-order valence-electron chi connectivity index (χ2n) is 3.63. The summed E-state index contributed by atoms with van der Waals surface area (Å²) in [7, 11) is 0. The van der Waals surface area contributed by atoms with Gasteiger partial charge in [0, 0.05) is 0 Å². The van der Waals surface area contributed by atoms with Crippen molar-refractivity contribution >= 4 is 6.08 Å². The van der Waals surface area contributed by atoms with Crippen LogP contribution in [-0.4, -0.2) is 5.11 Å². The minimum absolute atomic E-state index is 0.540. The third-order valence-corrected chi connectivity index (χ3v) is 2.41. The molecule has 2 rings (SSSR count). The molecule has 0 aromatic heterocycles. The van der Waals surface area contributed by atoms with E-state index in [4.69, 9.17) is 0 Å². The number of hydrogen-bond donors (Lipinski definition) is 1. The smallest absolute Gasteiger partial charge is 0.0975 e. The van der Waals surface area contributed by atoms with Gasteiger partial charge in [-0.25, -0.2) is 0 Å². The van der Waals surface area contributed by atoms with Gasteiger partial charge in [-0.1, -0.05) is 72.8 Å². The van der Waals surface area contributed by atoms with Crippen molar-refractivity contribution in [2.45, 2.75) is 6.10 Å². The third-order valence-electron chi connectivity index (χ3n) is 2.41. The molecular formula is C15H14O. The summed E-state index contributed by atoms with van der Waals surface area (Å²) >= 11 is 0. The van der Waals surface area contributed by atoms with Crippen molar-refractivity contribution in [3.8, 4) is 0 Å². The van der Waals surface area contributed by atoms with Crippen LogP contribution in [0.1, 0.15) is 17.2 Å². The molecule has 0 aliphatic heterocycles. The molecule has 16 heavy (non-hydrogen) atoms. The topological polar surface area (TPSA) is 20.2 Å². The Morgan fingerprint density at radius 2 is 1.38 bits per heavy atom. The first-order valence-corrected chi connectivity index (χ1v) is 5.32. The summed E-state index contributed by atoms with van der Waals surface area (Å²) in [6.07, 6.45) is 3.18. The molecule has 0 spiro atoms. The van der Waals surface area contributed by atoms with Crippen LogP contribution in [0.5, 0.6) is 0 Å². The normalized spacial score (nSPS) is 12.8. The fourth-order valence-corrected chi connectivity index (χ4v) is 1.53. The van der Waals surface area contributed by atoms with Crippen molar-refractivity contribution in [1.82, 2.24) is 0 Å². The van der Waals surface area contributed by atoms with Crippen molar-refractivity contribution in [2.75, 3.05) is 0 Å². The Labute approximate surface area is 95.7 Å². The van der Waals surface area contributed by atoms with E-state index in [-0.39, 0.29) is 0 Å². The van der Waals surface area contributed by atoms with Gasteiger partial charge < -0.3 is 5.11 Å². The molecule has 2 aromatic carbocycles. The lowest BCUT2D eigenvalue weighted by molar-refractivity contribution is 0.229. The van der Waals surface area contributed by atoms with E-state index in [0.29, 0.717) is 0 Å². The van der Waals surface area contributed by atoms with Crippen molar-refractivity contribution < 1.29 is 5.11 Å². The minimum atomic E-state index is -0.540. The van der Waals surface area contributed by atoms with Gasteiger partial charge in [0.1, 0.15) is 0 Å². The maximum absolute atomic E-state index is 9.90. The Morgan fingerprint density at radius 3 is 2.00 bits per heavy atom. The Bertz CT molecular complexity index is 445. The Hall–Kier alpha value is -1.86. The number of aliphatic hydroxyl groups is 1. The van der Waals surface area contributed by atoms with Gasteiger partial charge in [-0.2, -0.15) is 0 Å². The zero-order chi connectivity index (χ0) is 11.2. The van der Waals surface area contributed by atoms with Crippen LogP contribution in [0, 0.1) is 0 Å². The van der Waals surface area contributed by atoms with Crippen molar-refractivity contribution in [3.05, 3.63) is 77.9 Å². The maximum Gasteiger partial charge on any atom is 0.0975 e. The van der Waals surface area contributed by atoms with Crippen LogP contribution in [0.15, 0.2) is 66.7 Å². The fraction of sp³-hybridized carbons (Fsp3) is 0.0667. The molecule has 0 saturated carbocycles. The average Bonchev–Trinajstić information content (AvgIpc) is 2.38. The Morgan fingerprint density at radius 1 is 0.812 bits per heavy atom. The maximum atomic E-state index is 9.90. The number of hydrogen-bond acceptors (Lipinski definition) is 1. The first-order valence-electron chi connectivity index (χ1n) is 5.32. The predicted molar refractivity (Wildman–Crippen MR) is 66.9 cm³/mol. The molecular weight excluding hydrogens is 196 g/mol. The highest BCUT2D eigenvalue weighted by atomic mass is 16.3. The SMILES string of the molecule is O[C@H](/C=C/c1ccccc1)c1ccccc1. The summed E-state index contributed by atoms with van der Waals surface area (Å²) in [4.78, 5) is 0. The van der Waals surface area contributed by atoms with E-state index in [0.717, 1.165) is 11.1 Å². The highest BCUT2D eigenvalue weighted by Crippen LogP contribution is 2.14. The summed E-state index contributed by atoms with van der Waals surface area (Å²) < 4.78 is 0. The molecule has 0 saturated heterocycles. The van der Waals surface area contributed by atoms with E-state index < -0.39 is 6.10 Å². The van der Waals surface area contributed by atoms with Gasteiger partial charge in [-0.15, -0.1) is 0 Å². The molecule has 80 valence electrons. The molecule has 1 N–H and O–H groups in total. The van der Waals surface area contributed by atoms with Gasteiger partial charge in [-0.05, 0) is 11.1 Å².